The molecular formula is C12H14BrNO3. The molecule has 0 saturated heterocycles. The van der Waals surface area contributed by atoms with Gasteiger partial charge in [-0.25, -0.2) is 9.79 Å². The molecule has 1 aromatic carbocycles. The number of aliphatic imine (C=N–C) groups is 1. The second-order valence-corrected chi connectivity index (χ2v) is 4.12. The van der Waals surface area contributed by atoms with Gasteiger partial charge in [-0.2, -0.15) is 0 Å². The van der Waals surface area contributed by atoms with Crippen LogP contribution in [-0.2, 0) is 17.8 Å². The van der Waals surface area contributed by atoms with E-state index in [9.17, 15) is 4.79 Å². The fraction of sp³-hybridized carbons (Fsp3) is 0.417. The van der Waals surface area contributed by atoms with Crippen LogP contribution >= 0.6 is 15.9 Å². The summed E-state index contributed by atoms with van der Waals surface area (Å²) >= 11 is 3.50. The van der Waals surface area contributed by atoms with Crippen molar-refractivity contribution in [2.75, 3.05) is 14.2 Å². The van der Waals surface area contributed by atoms with Crippen LogP contribution in [0.5, 0.6) is 11.5 Å². The second kappa shape index (κ2) is 6.42. The highest BCUT2D eigenvalue weighted by Crippen LogP contribution is 2.39. The van der Waals surface area contributed by atoms with Gasteiger partial charge in [0.15, 0.2) is 11.5 Å². The molecule has 0 spiro atoms. The number of methoxy groups -OCH3 is 2. The highest BCUT2D eigenvalue weighted by atomic mass is 79.9. The Morgan fingerprint density at radius 1 is 1.41 bits per heavy atom. The lowest BCUT2D eigenvalue weighted by Crippen LogP contribution is -2.00. The van der Waals surface area contributed by atoms with Crippen molar-refractivity contribution in [3.05, 3.63) is 21.7 Å². The number of hydrogen-bond donors (Lipinski definition) is 0. The summed E-state index contributed by atoms with van der Waals surface area (Å²) in [4.78, 5) is 13.8. The van der Waals surface area contributed by atoms with Gasteiger partial charge in [0.25, 0.3) is 0 Å². The highest BCUT2D eigenvalue weighted by Gasteiger charge is 2.16. The maximum Gasteiger partial charge on any atom is 0.235 e. The van der Waals surface area contributed by atoms with Crippen LogP contribution in [-0.4, -0.2) is 20.3 Å². The number of halogens is 1. The van der Waals surface area contributed by atoms with Crippen LogP contribution in [0.1, 0.15) is 18.1 Å². The molecule has 0 radical (unpaired) electrons. The number of isocyanates is 1. The summed E-state index contributed by atoms with van der Waals surface area (Å²) < 4.78 is 11.5. The molecule has 0 atom stereocenters. The standard InChI is InChI=1S/C12H14BrNO3/c1-4-8-5-10(16-2)12(17-3)9(11(8)13)6-14-7-15/h5H,4,6H2,1-3H3. The Balaban J connectivity index is 3.43. The fourth-order valence-electron chi connectivity index (χ4n) is 1.61. The van der Waals surface area contributed by atoms with E-state index in [4.69, 9.17) is 9.47 Å². The Bertz CT molecular complexity index is 454. The summed E-state index contributed by atoms with van der Waals surface area (Å²) in [6, 6.07) is 1.91. The van der Waals surface area contributed by atoms with Gasteiger partial charge < -0.3 is 9.47 Å². The van der Waals surface area contributed by atoms with Crippen LogP contribution in [0.2, 0.25) is 0 Å². The molecule has 0 amide bonds. The van der Waals surface area contributed by atoms with Gasteiger partial charge in [0, 0.05) is 10.0 Å². The molecule has 0 fully saturated rings. The minimum absolute atomic E-state index is 0.220. The predicted molar refractivity (Wildman–Crippen MR) is 68.4 cm³/mol. The number of hydrogen-bond acceptors (Lipinski definition) is 4. The molecule has 1 aromatic rings. The summed E-state index contributed by atoms with van der Waals surface area (Å²) in [5, 5.41) is 0. The van der Waals surface area contributed by atoms with E-state index in [1.165, 1.54) is 6.08 Å². The average Bonchev–Trinajstić information content (AvgIpc) is 2.36. The third kappa shape index (κ3) is 2.87. The fourth-order valence-corrected chi connectivity index (χ4v) is 2.31. The van der Waals surface area contributed by atoms with Crippen molar-refractivity contribution in [1.29, 1.82) is 0 Å². The number of ether oxygens (including phenoxy) is 2. The van der Waals surface area contributed by atoms with Crippen LogP contribution in [0, 0.1) is 0 Å². The molecule has 17 heavy (non-hydrogen) atoms. The van der Waals surface area contributed by atoms with Gasteiger partial charge in [-0.15, -0.1) is 0 Å². The molecule has 0 aliphatic carbocycles. The first-order chi connectivity index (χ1) is 8.19. The summed E-state index contributed by atoms with van der Waals surface area (Å²) in [5.41, 5.74) is 1.88. The van der Waals surface area contributed by atoms with Gasteiger partial charge in [0.1, 0.15) is 0 Å². The van der Waals surface area contributed by atoms with Crippen molar-refractivity contribution >= 4 is 22.0 Å². The van der Waals surface area contributed by atoms with Crippen LogP contribution in [0.25, 0.3) is 0 Å². The topological polar surface area (TPSA) is 47.9 Å². The Kier molecular flexibility index (Phi) is 5.19. The zero-order chi connectivity index (χ0) is 12.8. The number of carbonyl (C=O) groups excluding carboxylic acids is 1. The maximum atomic E-state index is 10.2. The van der Waals surface area contributed by atoms with Crippen molar-refractivity contribution in [2.24, 2.45) is 4.99 Å². The monoisotopic (exact) mass is 299 g/mol. The molecule has 0 unspecified atom stereocenters. The van der Waals surface area contributed by atoms with Crippen LogP contribution < -0.4 is 9.47 Å². The lowest BCUT2D eigenvalue weighted by atomic mass is 10.1. The summed E-state index contributed by atoms with van der Waals surface area (Å²) in [6.07, 6.45) is 2.37. The third-order valence-electron chi connectivity index (χ3n) is 2.46. The second-order valence-electron chi connectivity index (χ2n) is 3.32. The summed E-state index contributed by atoms with van der Waals surface area (Å²) in [6.45, 7) is 2.26. The lowest BCUT2D eigenvalue weighted by Gasteiger charge is -2.15. The van der Waals surface area contributed by atoms with E-state index in [2.05, 4.69) is 20.9 Å². The first kappa shape index (κ1) is 13.7. The van der Waals surface area contributed by atoms with E-state index in [-0.39, 0.29) is 6.54 Å². The lowest BCUT2D eigenvalue weighted by molar-refractivity contribution is 0.351. The molecule has 0 bridgehead atoms. The van der Waals surface area contributed by atoms with Crippen LogP contribution in [0.15, 0.2) is 15.5 Å². The smallest absolute Gasteiger partial charge is 0.235 e. The van der Waals surface area contributed by atoms with E-state index >= 15 is 0 Å². The SMILES string of the molecule is CCc1cc(OC)c(OC)c(CN=C=O)c1Br. The predicted octanol–water partition coefficient (Wildman–Crippen LogP) is 2.86. The van der Waals surface area contributed by atoms with Crippen LogP contribution in [0.4, 0.5) is 0 Å². The van der Waals surface area contributed by atoms with Crippen molar-refractivity contribution in [1.82, 2.24) is 0 Å². The summed E-state index contributed by atoms with van der Waals surface area (Å²) in [5.74, 6) is 1.24. The molecule has 0 aromatic heterocycles. The molecule has 5 heteroatoms. The Morgan fingerprint density at radius 2 is 2.12 bits per heavy atom. The van der Waals surface area contributed by atoms with Gasteiger partial charge in [-0.3, -0.25) is 0 Å². The Morgan fingerprint density at radius 3 is 2.59 bits per heavy atom. The van der Waals surface area contributed by atoms with E-state index in [1.807, 2.05) is 13.0 Å². The molecular weight excluding hydrogens is 286 g/mol. The zero-order valence-electron chi connectivity index (χ0n) is 10.0. The zero-order valence-corrected chi connectivity index (χ0v) is 11.6. The van der Waals surface area contributed by atoms with E-state index in [0.29, 0.717) is 11.5 Å². The van der Waals surface area contributed by atoms with Crippen molar-refractivity contribution in [2.45, 2.75) is 19.9 Å². The number of aryl methyl sites for hydroxylation is 1. The normalized spacial score (nSPS) is 9.65. The number of benzene rings is 1. The van der Waals surface area contributed by atoms with Crippen molar-refractivity contribution in [3.63, 3.8) is 0 Å². The van der Waals surface area contributed by atoms with Gasteiger partial charge >= 0.3 is 0 Å². The Hall–Kier alpha value is -1.32. The first-order valence-corrected chi connectivity index (χ1v) is 5.94. The molecule has 0 saturated carbocycles. The van der Waals surface area contributed by atoms with Gasteiger partial charge in [-0.05, 0) is 18.1 Å². The molecule has 0 aliphatic heterocycles. The van der Waals surface area contributed by atoms with Gasteiger partial charge in [0.05, 0.1) is 20.8 Å². The van der Waals surface area contributed by atoms with Crippen molar-refractivity contribution in [3.8, 4) is 11.5 Å². The maximum absolute atomic E-state index is 10.2. The molecule has 0 heterocycles. The molecule has 92 valence electrons. The minimum Gasteiger partial charge on any atom is -0.493 e. The molecule has 1 rings (SSSR count). The number of rotatable bonds is 5. The van der Waals surface area contributed by atoms with Crippen LogP contribution in [0.3, 0.4) is 0 Å². The Labute approximate surface area is 109 Å². The molecule has 0 N–H and O–H groups in total. The first-order valence-electron chi connectivity index (χ1n) is 5.15. The molecule has 4 nitrogen and oxygen atoms in total. The summed E-state index contributed by atoms with van der Waals surface area (Å²) in [7, 11) is 3.14. The minimum atomic E-state index is 0.220. The van der Waals surface area contributed by atoms with Gasteiger partial charge in [-0.1, -0.05) is 22.9 Å². The van der Waals surface area contributed by atoms with E-state index in [1.54, 1.807) is 14.2 Å². The van der Waals surface area contributed by atoms with E-state index in [0.717, 1.165) is 22.0 Å². The average molecular weight is 300 g/mol. The third-order valence-corrected chi connectivity index (χ3v) is 3.44. The van der Waals surface area contributed by atoms with E-state index < -0.39 is 0 Å². The highest BCUT2D eigenvalue weighted by molar-refractivity contribution is 9.10. The quantitative estimate of drug-likeness (QED) is 0.620. The molecule has 0 aliphatic rings. The van der Waals surface area contributed by atoms with Crippen molar-refractivity contribution < 1.29 is 14.3 Å². The van der Waals surface area contributed by atoms with Gasteiger partial charge in [0.2, 0.25) is 6.08 Å². The largest absolute Gasteiger partial charge is 0.493 e. The number of nitrogens with zero attached hydrogens (tertiary/aromatic N) is 1.